The first kappa shape index (κ1) is 9.71. The van der Waals surface area contributed by atoms with Crippen LogP contribution >= 0.6 is 0 Å². The summed E-state index contributed by atoms with van der Waals surface area (Å²) in [5.41, 5.74) is 1.15. The highest BCUT2D eigenvalue weighted by molar-refractivity contribution is 5.85. The summed E-state index contributed by atoms with van der Waals surface area (Å²) in [7, 11) is 1.73. The van der Waals surface area contributed by atoms with Gasteiger partial charge in [0.1, 0.15) is 0 Å². The van der Waals surface area contributed by atoms with Crippen molar-refractivity contribution in [2.24, 2.45) is 0 Å². The largest absolute Gasteiger partial charge is 0.333 e. The van der Waals surface area contributed by atoms with Crippen LogP contribution in [0, 0.1) is 0 Å². The predicted octanol–water partition coefficient (Wildman–Crippen LogP) is 2.34. The van der Waals surface area contributed by atoms with Crippen LogP contribution in [0.25, 0.3) is 10.8 Å². The van der Waals surface area contributed by atoms with Gasteiger partial charge >= 0.3 is 6.41 Å². The highest BCUT2D eigenvalue weighted by atomic mass is 16.1. The van der Waals surface area contributed by atoms with Crippen molar-refractivity contribution in [3.8, 4) is 0 Å². The standard InChI is InChI=1S/C13H12NO/c1-14(10-15)9-12-7-4-6-11-5-2-3-8-13(11)12/h2-8H,9H2,1H3. The minimum atomic E-state index is 0.602. The summed E-state index contributed by atoms with van der Waals surface area (Å²) in [5, 5.41) is 2.40. The smallest absolute Gasteiger partial charge is 0.312 e. The lowest BCUT2D eigenvalue weighted by atomic mass is 10.0. The number of hydrogen-bond acceptors (Lipinski definition) is 1. The maximum Gasteiger partial charge on any atom is 0.312 e. The van der Waals surface area contributed by atoms with Gasteiger partial charge in [-0.1, -0.05) is 42.5 Å². The zero-order chi connectivity index (χ0) is 10.7. The molecule has 2 rings (SSSR count). The van der Waals surface area contributed by atoms with Crippen LogP contribution in [-0.4, -0.2) is 18.4 Å². The van der Waals surface area contributed by atoms with Crippen molar-refractivity contribution < 1.29 is 4.79 Å². The monoisotopic (exact) mass is 198 g/mol. The van der Waals surface area contributed by atoms with Gasteiger partial charge in [0.2, 0.25) is 0 Å². The molecule has 2 aromatic carbocycles. The van der Waals surface area contributed by atoms with E-state index in [0.717, 1.165) is 5.56 Å². The lowest BCUT2D eigenvalue weighted by molar-refractivity contribution is 0.431. The summed E-state index contributed by atoms with van der Waals surface area (Å²) in [5.74, 6) is 0. The number of rotatable bonds is 3. The molecule has 0 bridgehead atoms. The van der Waals surface area contributed by atoms with E-state index in [2.05, 4.69) is 18.2 Å². The molecule has 2 aromatic rings. The number of fused-ring (bicyclic) bond motifs is 1. The molecule has 0 aliphatic carbocycles. The van der Waals surface area contributed by atoms with Crippen molar-refractivity contribution in [2.45, 2.75) is 6.54 Å². The fourth-order valence-electron chi connectivity index (χ4n) is 1.72. The maximum atomic E-state index is 10.4. The quantitative estimate of drug-likeness (QED) is 0.693. The van der Waals surface area contributed by atoms with Crippen molar-refractivity contribution in [2.75, 3.05) is 7.05 Å². The van der Waals surface area contributed by atoms with Crippen molar-refractivity contribution in [1.29, 1.82) is 0 Å². The minimum Gasteiger partial charge on any atom is -0.333 e. The molecule has 0 spiro atoms. The van der Waals surface area contributed by atoms with E-state index in [-0.39, 0.29) is 0 Å². The molecule has 75 valence electrons. The van der Waals surface area contributed by atoms with Crippen LogP contribution in [0.4, 0.5) is 0 Å². The maximum absolute atomic E-state index is 10.4. The SMILES string of the molecule is CN([C]=O)Cc1cccc2ccccc12. The first-order valence-electron chi connectivity index (χ1n) is 4.87. The van der Waals surface area contributed by atoms with Gasteiger partial charge < -0.3 is 4.90 Å². The van der Waals surface area contributed by atoms with Gasteiger partial charge in [-0.3, -0.25) is 4.79 Å². The minimum absolute atomic E-state index is 0.602. The molecule has 0 aromatic heterocycles. The lowest BCUT2D eigenvalue weighted by Gasteiger charge is -2.11. The van der Waals surface area contributed by atoms with Crippen LogP contribution in [0.15, 0.2) is 42.5 Å². The topological polar surface area (TPSA) is 20.3 Å². The van der Waals surface area contributed by atoms with E-state index in [1.165, 1.54) is 15.7 Å². The first-order chi connectivity index (χ1) is 7.31. The lowest BCUT2D eigenvalue weighted by Crippen LogP contribution is -2.14. The fourth-order valence-corrected chi connectivity index (χ4v) is 1.72. The van der Waals surface area contributed by atoms with E-state index in [1.807, 2.05) is 30.7 Å². The number of hydrogen-bond donors (Lipinski definition) is 0. The number of nitrogens with zero attached hydrogens (tertiary/aromatic N) is 1. The van der Waals surface area contributed by atoms with Gasteiger partial charge in [-0.15, -0.1) is 0 Å². The zero-order valence-corrected chi connectivity index (χ0v) is 8.60. The molecule has 0 heterocycles. The van der Waals surface area contributed by atoms with Crippen LogP contribution in [0.1, 0.15) is 5.56 Å². The molecule has 0 N–H and O–H groups in total. The Balaban J connectivity index is 2.46. The van der Waals surface area contributed by atoms with Gasteiger partial charge in [0, 0.05) is 13.6 Å². The van der Waals surface area contributed by atoms with E-state index in [4.69, 9.17) is 0 Å². The molecule has 2 nitrogen and oxygen atoms in total. The summed E-state index contributed by atoms with van der Waals surface area (Å²) in [6.07, 6.45) is 1.86. The Morgan fingerprint density at radius 2 is 1.87 bits per heavy atom. The first-order valence-corrected chi connectivity index (χ1v) is 4.87. The summed E-state index contributed by atoms with van der Waals surface area (Å²) in [6, 6.07) is 14.3. The number of carbonyl (C=O) groups excluding carboxylic acids is 1. The Bertz CT molecular complexity index is 473. The van der Waals surface area contributed by atoms with E-state index >= 15 is 0 Å². The zero-order valence-electron chi connectivity index (χ0n) is 8.60. The highest BCUT2D eigenvalue weighted by Crippen LogP contribution is 2.19. The van der Waals surface area contributed by atoms with E-state index in [0.29, 0.717) is 6.54 Å². The Labute approximate surface area is 89.1 Å². The summed E-state index contributed by atoms with van der Waals surface area (Å²) in [6.45, 7) is 0.602. The second-order valence-electron chi connectivity index (χ2n) is 3.59. The molecular formula is C13H12NO. The van der Waals surface area contributed by atoms with Crippen LogP contribution in [0.5, 0.6) is 0 Å². The molecule has 0 aliphatic rings. The molecule has 0 unspecified atom stereocenters. The third-order valence-corrected chi connectivity index (χ3v) is 2.44. The number of amides is 1. The van der Waals surface area contributed by atoms with Gasteiger partial charge in [0.25, 0.3) is 0 Å². The van der Waals surface area contributed by atoms with Crippen molar-refractivity contribution in [3.05, 3.63) is 48.0 Å². The molecule has 0 atom stereocenters. The third-order valence-electron chi connectivity index (χ3n) is 2.44. The molecule has 0 fully saturated rings. The Morgan fingerprint density at radius 3 is 2.67 bits per heavy atom. The van der Waals surface area contributed by atoms with Gasteiger partial charge in [0.15, 0.2) is 0 Å². The molecule has 0 aliphatic heterocycles. The molecule has 1 radical (unpaired) electrons. The molecule has 2 heteroatoms. The normalized spacial score (nSPS) is 10.2. The predicted molar refractivity (Wildman–Crippen MR) is 61.1 cm³/mol. The Morgan fingerprint density at radius 1 is 1.13 bits per heavy atom. The Kier molecular flexibility index (Phi) is 2.68. The molecule has 0 saturated carbocycles. The molecule has 15 heavy (non-hydrogen) atoms. The van der Waals surface area contributed by atoms with E-state index in [1.54, 1.807) is 7.05 Å². The third kappa shape index (κ3) is 1.99. The van der Waals surface area contributed by atoms with Gasteiger partial charge in [-0.25, -0.2) is 0 Å². The van der Waals surface area contributed by atoms with Crippen molar-refractivity contribution >= 4 is 17.2 Å². The Hall–Kier alpha value is -1.83. The summed E-state index contributed by atoms with van der Waals surface area (Å²) >= 11 is 0. The summed E-state index contributed by atoms with van der Waals surface area (Å²) < 4.78 is 0. The average molecular weight is 198 g/mol. The average Bonchev–Trinajstić information content (AvgIpc) is 2.29. The fraction of sp³-hybridized carbons (Fsp3) is 0.154. The molecule has 0 saturated heterocycles. The van der Waals surface area contributed by atoms with Crippen LogP contribution in [0.3, 0.4) is 0 Å². The van der Waals surface area contributed by atoms with Gasteiger partial charge in [-0.2, -0.15) is 0 Å². The van der Waals surface area contributed by atoms with E-state index in [9.17, 15) is 4.79 Å². The van der Waals surface area contributed by atoms with Gasteiger partial charge in [0.05, 0.1) is 0 Å². The number of benzene rings is 2. The van der Waals surface area contributed by atoms with Crippen LogP contribution < -0.4 is 0 Å². The van der Waals surface area contributed by atoms with E-state index < -0.39 is 0 Å². The van der Waals surface area contributed by atoms with Gasteiger partial charge in [-0.05, 0) is 16.3 Å². The highest BCUT2D eigenvalue weighted by Gasteiger charge is 2.02. The second kappa shape index (κ2) is 4.13. The van der Waals surface area contributed by atoms with Crippen LogP contribution in [0.2, 0.25) is 0 Å². The van der Waals surface area contributed by atoms with Crippen molar-refractivity contribution in [1.82, 2.24) is 4.90 Å². The van der Waals surface area contributed by atoms with Crippen molar-refractivity contribution in [3.63, 3.8) is 0 Å². The van der Waals surface area contributed by atoms with Crippen LogP contribution in [-0.2, 0) is 11.3 Å². The molecule has 1 amide bonds. The molecular weight excluding hydrogens is 186 g/mol. The second-order valence-corrected chi connectivity index (χ2v) is 3.59. The summed E-state index contributed by atoms with van der Waals surface area (Å²) in [4.78, 5) is 12.0.